The van der Waals surface area contributed by atoms with Crippen molar-refractivity contribution in [3.63, 3.8) is 0 Å². The number of carbonyl (C=O) groups is 1. The predicted octanol–water partition coefficient (Wildman–Crippen LogP) is 2.04. The van der Waals surface area contributed by atoms with Crippen LogP contribution in [0, 0.1) is 11.8 Å². The Bertz CT molecular complexity index is 218. The fourth-order valence-corrected chi connectivity index (χ4v) is 1.69. The van der Waals surface area contributed by atoms with Crippen LogP contribution in [0.1, 0.15) is 26.7 Å². The fourth-order valence-electron chi connectivity index (χ4n) is 1.69. The SMILES string of the molecule is CC(C)C(C(=O)O)C1=COCCC1. The molecule has 0 amide bonds. The van der Waals surface area contributed by atoms with Crippen LogP contribution in [-0.2, 0) is 9.53 Å². The summed E-state index contributed by atoms with van der Waals surface area (Å²) in [5, 5.41) is 9.00. The van der Waals surface area contributed by atoms with Gasteiger partial charge in [0, 0.05) is 0 Å². The van der Waals surface area contributed by atoms with Gasteiger partial charge in [0.15, 0.2) is 0 Å². The van der Waals surface area contributed by atoms with Crippen LogP contribution in [0.2, 0.25) is 0 Å². The van der Waals surface area contributed by atoms with Crippen molar-refractivity contribution >= 4 is 5.97 Å². The lowest BCUT2D eigenvalue weighted by atomic mass is 9.86. The van der Waals surface area contributed by atoms with E-state index >= 15 is 0 Å². The molecule has 3 nitrogen and oxygen atoms in total. The zero-order valence-electron chi connectivity index (χ0n) is 8.12. The smallest absolute Gasteiger partial charge is 0.311 e. The highest BCUT2D eigenvalue weighted by molar-refractivity contribution is 5.73. The summed E-state index contributed by atoms with van der Waals surface area (Å²) in [6.45, 7) is 4.57. The maximum atomic E-state index is 10.9. The lowest BCUT2D eigenvalue weighted by molar-refractivity contribution is -0.141. The van der Waals surface area contributed by atoms with E-state index in [0.29, 0.717) is 6.61 Å². The molecule has 3 heteroatoms. The Kier molecular flexibility index (Phi) is 3.34. The van der Waals surface area contributed by atoms with Crippen LogP contribution < -0.4 is 0 Å². The van der Waals surface area contributed by atoms with Gasteiger partial charge in [-0.3, -0.25) is 4.79 Å². The molecule has 0 saturated heterocycles. The van der Waals surface area contributed by atoms with Crippen molar-refractivity contribution in [1.29, 1.82) is 0 Å². The van der Waals surface area contributed by atoms with Crippen LogP contribution in [0.5, 0.6) is 0 Å². The van der Waals surface area contributed by atoms with Crippen LogP contribution in [0.25, 0.3) is 0 Å². The molecular formula is C10H16O3. The third-order valence-electron chi connectivity index (χ3n) is 2.29. The van der Waals surface area contributed by atoms with E-state index in [4.69, 9.17) is 9.84 Å². The first-order valence-electron chi connectivity index (χ1n) is 4.66. The molecular weight excluding hydrogens is 168 g/mol. The van der Waals surface area contributed by atoms with E-state index in [1.165, 1.54) is 0 Å². The molecule has 1 aliphatic rings. The number of ether oxygens (including phenoxy) is 1. The molecule has 0 bridgehead atoms. The van der Waals surface area contributed by atoms with Gasteiger partial charge in [0.25, 0.3) is 0 Å². The van der Waals surface area contributed by atoms with Crippen LogP contribution >= 0.6 is 0 Å². The number of aliphatic carboxylic acids is 1. The Balaban J connectivity index is 2.74. The third kappa shape index (κ3) is 2.47. The highest BCUT2D eigenvalue weighted by Gasteiger charge is 2.26. The number of carboxylic acid groups (broad SMARTS) is 1. The molecule has 0 spiro atoms. The molecule has 13 heavy (non-hydrogen) atoms. The van der Waals surface area contributed by atoms with Gasteiger partial charge < -0.3 is 9.84 Å². The first-order chi connectivity index (χ1) is 6.13. The summed E-state index contributed by atoms with van der Waals surface area (Å²) in [5.41, 5.74) is 0.925. The highest BCUT2D eigenvalue weighted by Crippen LogP contribution is 2.26. The molecule has 1 N–H and O–H groups in total. The molecule has 0 saturated carbocycles. The Hall–Kier alpha value is -0.990. The number of hydrogen-bond donors (Lipinski definition) is 1. The minimum absolute atomic E-state index is 0.130. The van der Waals surface area contributed by atoms with E-state index < -0.39 is 5.97 Å². The Morgan fingerprint density at radius 1 is 1.62 bits per heavy atom. The van der Waals surface area contributed by atoms with Crippen molar-refractivity contribution in [3.05, 3.63) is 11.8 Å². The van der Waals surface area contributed by atoms with Crippen molar-refractivity contribution in [2.45, 2.75) is 26.7 Å². The van der Waals surface area contributed by atoms with Crippen molar-refractivity contribution in [1.82, 2.24) is 0 Å². The van der Waals surface area contributed by atoms with Gasteiger partial charge in [-0.2, -0.15) is 0 Å². The third-order valence-corrected chi connectivity index (χ3v) is 2.29. The summed E-state index contributed by atoms with van der Waals surface area (Å²) in [7, 11) is 0. The molecule has 0 fully saturated rings. The van der Waals surface area contributed by atoms with Gasteiger partial charge in [0.1, 0.15) is 0 Å². The normalized spacial score (nSPS) is 19.2. The van der Waals surface area contributed by atoms with E-state index in [1.54, 1.807) is 6.26 Å². The summed E-state index contributed by atoms with van der Waals surface area (Å²) >= 11 is 0. The average molecular weight is 184 g/mol. The van der Waals surface area contributed by atoms with E-state index in [2.05, 4.69) is 0 Å². The first-order valence-corrected chi connectivity index (χ1v) is 4.66. The topological polar surface area (TPSA) is 46.5 Å². The zero-order valence-corrected chi connectivity index (χ0v) is 8.12. The molecule has 0 radical (unpaired) electrons. The second-order valence-corrected chi connectivity index (χ2v) is 3.73. The number of carboxylic acids is 1. The summed E-state index contributed by atoms with van der Waals surface area (Å²) < 4.78 is 5.14. The monoisotopic (exact) mass is 184 g/mol. The number of hydrogen-bond acceptors (Lipinski definition) is 2. The maximum absolute atomic E-state index is 10.9. The number of rotatable bonds is 3. The average Bonchev–Trinajstić information content (AvgIpc) is 2.04. The lowest BCUT2D eigenvalue weighted by Gasteiger charge is -2.22. The molecule has 0 aromatic heterocycles. The van der Waals surface area contributed by atoms with Gasteiger partial charge in [0.05, 0.1) is 18.8 Å². The Labute approximate surface area is 78.4 Å². The summed E-state index contributed by atoms with van der Waals surface area (Å²) in [4.78, 5) is 10.9. The Morgan fingerprint density at radius 2 is 2.31 bits per heavy atom. The largest absolute Gasteiger partial charge is 0.501 e. The van der Waals surface area contributed by atoms with Crippen molar-refractivity contribution in [2.75, 3.05) is 6.61 Å². The molecule has 1 aliphatic heterocycles. The highest BCUT2D eigenvalue weighted by atomic mass is 16.5. The van der Waals surface area contributed by atoms with Gasteiger partial charge in [-0.1, -0.05) is 13.8 Å². The first kappa shape index (κ1) is 10.1. The lowest BCUT2D eigenvalue weighted by Crippen LogP contribution is -2.23. The molecule has 0 aliphatic carbocycles. The van der Waals surface area contributed by atoms with Gasteiger partial charge >= 0.3 is 5.97 Å². The molecule has 0 aromatic rings. The van der Waals surface area contributed by atoms with Crippen LogP contribution in [0.15, 0.2) is 11.8 Å². The standard InChI is InChI=1S/C10H16O3/c1-7(2)9(10(11)12)8-4-3-5-13-6-8/h6-7,9H,3-5H2,1-2H3,(H,11,12). The van der Waals surface area contributed by atoms with Crippen molar-refractivity contribution in [2.24, 2.45) is 11.8 Å². The van der Waals surface area contributed by atoms with Gasteiger partial charge in [-0.25, -0.2) is 0 Å². The second kappa shape index (κ2) is 4.30. The van der Waals surface area contributed by atoms with Crippen molar-refractivity contribution in [3.8, 4) is 0 Å². The van der Waals surface area contributed by atoms with E-state index in [9.17, 15) is 4.79 Å². The summed E-state index contributed by atoms with van der Waals surface area (Å²) in [6.07, 6.45) is 3.42. The molecule has 1 heterocycles. The zero-order chi connectivity index (χ0) is 9.84. The van der Waals surface area contributed by atoms with Crippen molar-refractivity contribution < 1.29 is 14.6 Å². The summed E-state index contributed by atoms with van der Waals surface area (Å²) in [5.74, 6) is -0.988. The van der Waals surface area contributed by atoms with Crippen LogP contribution in [0.4, 0.5) is 0 Å². The fraction of sp³-hybridized carbons (Fsp3) is 0.700. The van der Waals surface area contributed by atoms with Gasteiger partial charge in [-0.05, 0) is 24.3 Å². The van der Waals surface area contributed by atoms with Gasteiger partial charge in [-0.15, -0.1) is 0 Å². The minimum Gasteiger partial charge on any atom is -0.501 e. The maximum Gasteiger partial charge on any atom is 0.311 e. The van der Waals surface area contributed by atoms with E-state index in [1.807, 2.05) is 13.8 Å². The molecule has 0 aromatic carbocycles. The molecule has 1 rings (SSSR count). The minimum atomic E-state index is -0.744. The Morgan fingerprint density at radius 3 is 2.69 bits per heavy atom. The quantitative estimate of drug-likeness (QED) is 0.730. The molecule has 74 valence electrons. The van der Waals surface area contributed by atoms with Gasteiger partial charge in [0.2, 0.25) is 0 Å². The summed E-state index contributed by atoms with van der Waals surface area (Å²) in [6, 6.07) is 0. The van der Waals surface area contributed by atoms with E-state index in [0.717, 1.165) is 18.4 Å². The predicted molar refractivity (Wildman–Crippen MR) is 49.2 cm³/mol. The van der Waals surface area contributed by atoms with Crippen LogP contribution in [0.3, 0.4) is 0 Å². The molecule has 1 unspecified atom stereocenters. The molecule has 1 atom stereocenters. The second-order valence-electron chi connectivity index (χ2n) is 3.73. The van der Waals surface area contributed by atoms with E-state index in [-0.39, 0.29) is 11.8 Å². The van der Waals surface area contributed by atoms with Crippen LogP contribution in [-0.4, -0.2) is 17.7 Å².